The molecule has 0 radical (unpaired) electrons. The number of ketones is 1. The lowest BCUT2D eigenvalue weighted by Gasteiger charge is -2.17. The summed E-state index contributed by atoms with van der Waals surface area (Å²) in [5.74, 6) is -0.542. The van der Waals surface area contributed by atoms with Gasteiger partial charge in [0, 0.05) is 6.42 Å². The Balaban J connectivity index is 1.80. The zero-order valence-electron chi connectivity index (χ0n) is 14.1. The predicted octanol–water partition coefficient (Wildman–Crippen LogP) is 4.63. The van der Waals surface area contributed by atoms with E-state index < -0.39 is 5.97 Å². The van der Waals surface area contributed by atoms with Gasteiger partial charge in [-0.3, -0.25) is 4.79 Å². The largest absolute Gasteiger partial charge is 0.508 e. The highest BCUT2D eigenvalue weighted by molar-refractivity contribution is 6.18. The van der Waals surface area contributed by atoms with Gasteiger partial charge in [-0.25, -0.2) is 4.79 Å². The number of aliphatic hydroxyl groups excluding tert-OH is 1. The molecule has 1 saturated carbocycles. The smallest absolute Gasteiger partial charge is 0.345 e. The van der Waals surface area contributed by atoms with Crippen molar-refractivity contribution in [2.75, 3.05) is 6.61 Å². The van der Waals surface area contributed by atoms with Gasteiger partial charge in [-0.05, 0) is 12.3 Å². The van der Waals surface area contributed by atoms with E-state index in [2.05, 4.69) is 0 Å². The standard InChI is InChI=1S/C19H30O4/c20-16(18-17(21)14-23-19(18)22)13-12-15-10-8-6-4-2-1-3-5-7-9-11-15/h15,21H,1-14H2. The van der Waals surface area contributed by atoms with E-state index in [-0.39, 0.29) is 23.7 Å². The number of ether oxygens (including phenoxy) is 1. The molecule has 4 heteroatoms. The number of aliphatic hydroxyl groups is 1. The first-order valence-corrected chi connectivity index (χ1v) is 9.31. The fraction of sp³-hybridized carbons (Fsp3) is 0.789. The van der Waals surface area contributed by atoms with Crippen LogP contribution in [0.4, 0.5) is 0 Å². The van der Waals surface area contributed by atoms with E-state index >= 15 is 0 Å². The van der Waals surface area contributed by atoms with Crippen molar-refractivity contribution in [3.05, 3.63) is 11.3 Å². The van der Waals surface area contributed by atoms with Crippen molar-refractivity contribution in [1.82, 2.24) is 0 Å². The van der Waals surface area contributed by atoms with Crippen LogP contribution >= 0.6 is 0 Å². The third-order valence-electron chi connectivity index (χ3n) is 5.12. The molecular formula is C19H30O4. The Labute approximate surface area is 139 Å². The minimum absolute atomic E-state index is 0.113. The van der Waals surface area contributed by atoms with Crippen LogP contribution in [0.15, 0.2) is 11.3 Å². The second-order valence-electron chi connectivity index (χ2n) is 6.99. The molecule has 0 aromatic carbocycles. The Morgan fingerprint density at radius 3 is 1.96 bits per heavy atom. The molecule has 130 valence electrons. The first kappa shape index (κ1) is 18.0. The highest BCUT2D eigenvalue weighted by atomic mass is 16.5. The molecule has 0 bridgehead atoms. The fourth-order valence-corrected chi connectivity index (χ4v) is 3.67. The lowest BCUT2D eigenvalue weighted by molar-refractivity contribution is -0.137. The molecule has 0 unspecified atom stereocenters. The van der Waals surface area contributed by atoms with E-state index in [1.165, 1.54) is 70.6 Å². The molecule has 1 aliphatic heterocycles. The van der Waals surface area contributed by atoms with Crippen LogP contribution in [0.3, 0.4) is 0 Å². The summed E-state index contributed by atoms with van der Waals surface area (Å²) in [5.41, 5.74) is -0.113. The SMILES string of the molecule is O=C(CCC1CCCCCCCCCCC1)C1=C(O)COC1=O. The molecular weight excluding hydrogens is 292 g/mol. The van der Waals surface area contributed by atoms with Crippen molar-refractivity contribution < 1.29 is 19.4 Å². The highest BCUT2D eigenvalue weighted by Gasteiger charge is 2.30. The number of hydrogen-bond donors (Lipinski definition) is 1. The molecule has 1 fully saturated rings. The molecule has 0 amide bonds. The van der Waals surface area contributed by atoms with Gasteiger partial charge in [0.2, 0.25) is 0 Å². The van der Waals surface area contributed by atoms with Crippen LogP contribution in [0.1, 0.15) is 83.5 Å². The maximum absolute atomic E-state index is 12.2. The molecule has 0 aromatic rings. The Kier molecular flexibility index (Phi) is 7.63. The van der Waals surface area contributed by atoms with Gasteiger partial charge in [0.15, 0.2) is 5.78 Å². The fourth-order valence-electron chi connectivity index (χ4n) is 3.67. The van der Waals surface area contributed by atoms with Crippen LogP contribution in [0.2, 0.25) is 0 Å². The van der Waals surface area contributed by atoms with Crippen molar-refractivity contribution in [2.45, 2.75) is 83.5 Å². The average molecular weight is 322 g/mol. The molecule has 4 nitrogen and oxygen atoms in total. The minimum atomic E-state index is -0.661. The number of hydrogen-bond acceptors (Lipinski definition) is 4. The number of cyclic esters (lactones) is 1. The average Bonchev–Trinajstić information content (AvgIpc) is 2.85. The highest BCUT2D eigenvalue weighted by Crippen LogP contribution is 2.26. The summed E-state index contributed by atoms with van der Waals surface area (Å²) < 4.78 is 4.70. The molecule has 0 aromatic heterocycles. The van der Waals surface area contributed by atoms with Crippen molar-refractivity contribution in [3.63, 3.8) is 0 Å². The molecule has 1 N–H and O–H groups in total. The van der Waals surface area contributed by atoms with Gasteiger partial charge in [-0.2, -0.15) is 0 Å². The number of carbonyl (C=O) groups is 2. The quantitative estimate of drug-likeness (QED) is 0.605. The molecule has 0 atom stereocenters. The van der Waals surface area contributed by atoms with Crippen LogP contribution in [0.5, 0.6) is 0 Å². The van der Waals surface area contributed by atoms with Gasteiger partial charge in [0.1, 0.15) is 17.9 Å². The Hall–Kier alpha value is -1.32. The summed E-state index contributed by atoms with van der Waals surface area (Å²) in [5, 5.41) is 9.59. The summed E-state index contributed by atoms with van der Waals surface area (Å²) in [7, 11) is 0. The molecule has 2 rings (SSSR count). The maximum Gasteiger partial charge on any atom is 0.345 e. The van der Waals surface area contributed by atoms with E-state index in [0.29, 0.717) is 12.3 Å². The third kappa shape index (κ3) is 6.00. The Morgan fingerprint density at radius 2 is 1.48 bits per heavy atom. The van der Waals surface area contributed by atoms with Gasteiger partial charge < -0.3 is 9.84 Å². The Morgan fingerprint density at radius 1 is 0.957 bits per heavy atom. The van der Waals surface area contributed by atoms with Gasteiger partial charge in [-0.15, -0.1) is 0 Å². The molecule has 2 aliphatic rings. The second-order valence-corrected chi connectivity index (χ2v) is 6.99. The van der Waals surface area contributed by atoms with Crippen LogP contribution in [-0.4, -0.2) is 23.5 Å². The van der Waals surface area contributed by atoms with E-state index in [1.807, 2.05) is 0 Å². The third-order valence-corrected chi connectivity index (χ3v) is 5.12. The summed E-state index contributed by atoms with van der Waals surface area (Å²) in [6.45, 7) is -0.149. The summed E-state index contributed by atoms with van der Waals surface area (Å²) in [6, 6.07) is 0. The Bertz CT molecular complexity index is 427. The number of Topliss-reactive ketones (excluding diaryl/α,β-unsaturated/α-hetero) is 1. The molecule has 23 heavy (non-hydrogen) atoms. The number of esters is 1. The van der Waals surface area contributed by atoms with Crippen molar-refractivity contribution >= 4 is 11.8 Å². The van der Waals surface area contributed by atoms with E-state index in [0.717, 1.165) is 6.42 Å². The summed E-state index contributed by atoms with van der Waals surface area (Å²) in [4.78, 5) is 23.6. The van der Waals surface area contributed by atoms with Gasteiger partial charge in [0.25, 0.3) is 0 Å². The second kappa shape index (κ2) is 9.74. The number of rotatable bonds is 4. The molecule has 0 spiro atoms. The van der Waals surface area contributed by atoms with Gasteiger partial charge in [-0.1, -0.05) is 70.6 Å². The number of carbonyl (C=O) groups excluding carboxylic acids is 2. The van der Waals surface area contributed by atoms with Crippen LogP contribution in [0.25, 0.3) is 0 Å². The normalized spacial score (nSPS) is 22.3. The maximum atomic E-state index is 12.2. The van der Waals surface area contributed by atoms with Crippen molar-refractivity contribution in [1.29, 1.82) is 0 Å². The zero-order chi connectivity index (χ0) is 16.5. The van der Waals surface area contributed by atoms with Gasteiger partial charge in [0.05, 0.1) is 0 Å². The van der Waals surface area contributed by atoms with E-state index in [4.69, 9.17) is 4.74 Å². The first-order chi connectivity index (χ1) is 11.2. The monoisotopic (exact) mass is 322 g/mol. The topological polar surface area (TPSA) is 63.6 Å². The lowest BCUT2D eigenvalue weighted by Crippen LogP contribution is -2.13. The van der Waals surface area contributed by atoms with E-state index in [1.54, 1.807) is 0 Å². The first-order valence-electron chi connectivity index (χ1n) is 9.31. The predicted molar refractivity (Wildman–Crippen MR) is 89.1 cm³/mol. The minimum Gasteiger partial charge on any atom is -0.508 e. The van der Waals surface area contributed by atoms with E-state index in [9.17, 15) is 14.7 Å². The summed E-state index contributed by atoms with van der Waals surface area (Å²) in [6.07, 6.45) is 15.4. The zero-order valence-corrected chi connectivity index (χ0v) is 14.1. The van der Waals surface area contributed by atoms with Gasteiger partial charge >= 0.3 is 5.97 Å². The lowest BCUT2D eigenvalue weighted by atomic mass is 9.88. The van der Waals surface area contributed by atoms with Crippen LogP contribution in [-0.2, 0) is 14.3 Å². The van der Waals surface area contributed by atoms with Crippen LogP contribution in [0, 0.1) is 5.92 Å². The molecule has 1 aliphatic carbocycles. The van der Waals surface area contributed by atoms with Crippen LogP contribution < -0.4 is 0 Å². The van der Waals surface area contributed by atoms with Crippen molar-refractivity contribution in [2.24, 2.45) is 5.92 Å². The molecule has 1 heterocycles. The summed E-state index contributed by atoms with van der Waals surface area (Å²) >= 11 is 0. The van der Waals surface area contributed by atoms with Crippen molar-refractivity contribution in [3.8, 4) is 0 Å². The molecule has 0 saturated heterocycles.